The summed E-state index contributed by atoms with van der Waals surface area (Å²) in [5.74, 6) is -1.52. The van der Waals surface area contributed by atoms with Crippen LogP contribution >= 0.6 is 0 Å². The zero-order valence-electron chi connectivity index (χ0n) is 16.4. The quantitative estimate of drug-likeness (QED) is 0.670. The van der Waals surface area contributed by atoms with Crippen LogP contribution in [0.3, 0.4) is 0 Å². The summed E-state index contributed by atoms with van der Waals surface area (Å²) in [6.07, 6.45) is 3.27. The third kappa shape index (κ3) is 3.59. The second-order valence-corrected chi connectivity index (χ2v) is 7.26. The molecule has 1 atom stereocenters. The van der Waals surface area contributed by atoms with Crippen LogP contribution in [0.1, 0.15) is 26.3 Å². The van der Waals surface area contributed by atoms with Crippen molar-refractivity contribution >= 4 is 39.9 Å². The minimum Gasteiger partial charge on any atom is -0.368 e. The first-order valence-corrected chi connectivity index (χ1v) is 9.39. The number of nitrogens with one attached hydrogen (secondary N) is 1. The van der Waals surface area contributed by atoms with Crippen LogP contribution in [0.15, 0.2) is 47.8 Å². The van der Waals surface area contributed by atoms with Gasteiger partial charge in [-0.25, -0.2) is 14.1 Å². The molecule has 0 spiro atoms. The number of hydrogen-bond donors (Lipinski definition) is 2. The number of pyridine rings is 1. The molecule has 3 N–H and O–H groups in total. The number of nitrogens with two attached hydrogens (primary N) is 1. The fraction of sp³-hybridized carbons (Fsp3) is 0.250. The minimum atomic E-state index is -0.832. The molecule has 0 saturated heterocycles. The van der Waals surface area contributed by atoms with E-state index in [2.05, 4.69) is 20.5 Å². The van der Waals surface area contributed by atoms with E-state index >= 15 is 0 Å². The predicted octanol–water partition coefficient (Wildman–Crippen LogP) is 2.21. The maximum Gasteiger partial charge on any atom is 0.272 e. The lowest BCUT2D eigenvalue weighted by molar-refractivity contribution is -0.119. The second-order valence-electron chi connectivity index (χ2n) is 7.26. The Morgan fingerprint density at radius 3 is 2.63 bits per heavy atom. The van der Waals surface area contributed by atoms with Gasteiger partial charge in [0.15, 0.2) is 5.65 Å². The predicted molar refractivity (Wildman–Crippen MR) is 110 cm³/mol. The van der Waals surface area contributed by atoms with Crippen molar-refractivity contribution in [3.05, 3.63) is 48.5 Å². The largest absolute Gasteiger partial charge is 0.368 e. The van der Waals surface area contributed by atoms with Crippen LogP contribution < -0.4 is 16.1 Å². The fourth-order valence-corrected chi connectivity index (χ4v) is 3.29. The molecule has 0 fully saturated rings. The fourth-order valence-electron chi connectivity index (χ4n) is 3.29. The van der Waals surface area contributed by atoms with Crippen LogP contribution in [0, 0.1) is 5.82 Å². The number of aromatic nitrogens is 3. The van der Waals surface area contributed by atoms with Gasteiger partial charge in [0.25, 0.3) is 5.91 Å². The van der Waals surface area contributed by atoms with E-state index in [-0.39, 0.29) is 18.2 Å². The van der Waals surface area contributed by atoms with Crippen molar-refractivity contribution in [3.63, 3.8) is 0 Å². The molecule has 9 nitrogen and oxygen atoms in total. The number of anilines is 2. The number of nitrogens with zero attached hydrogens (tertiary/aromatic N) is 5. The van der Waals surface area contributed by atoms with Crippen LogP contribution in [0.4, 0.5) is 15.8 Å². The molecule has 1 aliphatic rings. The number of hydrazone groups is 1. The lowest BCUT2D eigenvalue weighted by atomic mass is 10.1. The van der Waals surface area contributed by atoms with Crippen LogP contribution in [-0.2, 0) is 9.59 Å². The normalized spacial score (nSPS) is 16.2. The highest BCUT2D eigenvalue weighted by atomic mass is 19.1. The Bertz CT molecular complexity index is 1150. The number of primary amides is 1. The van der Waals surface area contributed by atoms with Gasteiger partial charge in [0.1, 0.15) is 17.6 Å². The first-order chi connectivity index (χ1) is 14.3. The molecule has 3 heterocycles. The van der Waals surface area contributed by atoms with E-state index in [4.69, 9.17) is 5.73 Å². The van der Waals surface area contributed by atoms with Gasteiger partial charge in [0.05, 0.1) is 23.8 Å². The van der Waals surface area contributed by atoms with Gasteiger partial charge < -0.3 is 11.1 Å². The summed E-state index contributed by atoms with van der Waals surface area (Å²) in [7, 11) is 0. The van der Waals surface area contributed by atoms with E-state index in [0.717, 1.165) is 11.0 Å². The third-order valence-corrected chi connectivity index (χ3v) is 4.77. The summed E-state index contributed by atoms with van der Waals surface area (Å²) in [6.45, 7) is 4.01. The van der Waals surface area contributed by atoms with Gasteiger partial charge in [-0.05, 0) is 44.2 Å². The Labute approximate surface area is 171 Å². The summed E-state index contributed by atoms with van der Waals surface area (Å²) in [6, 6.07) is 6.54. The molecule has 1 aromatic carbocycles. The summed E-state index contributed by atoms with van der Waals surface area (Å²) in [4.78, 5) is 29.0. The van der Waals surface area contributed by atoms with Crippen molar-refractivity contribution in [3.8, 4) is 0 Å². The maximum atomic E-state index is 13.2. The Morgan fingerprint density at radius 2 is 1.97 bits per heavy atom. The van der Waals surface area contributed by atoms with E-state index in [1.807, 2.05) is 13.8 Å². The number of benzene rings is 1. The molecule has 30 heavy (non-hydrogen) atoms. The summed E-state index contributed by atoms with van der Waals surface area (Å²) >= 11 is 0. The number of carbonyl (C=O) groups is 2. The number of rotatable bonds is 5. The van der Waals surface area contributed by atoms with Crippen molar-refractivity contribution < 1.29 is 14.0 Å². The molecule has 0 unspecified atom stereocenters. The second kappa shape index (κ2) is 7.54. The van der Waals surface area contributed by atoms with Gasteiger partial charge in [0.2, 0.25) is 5.91 Å². The van der Waals surface area contributed by atoms with E-state index in [9.17, 15) is 14.0 Å². The molecular weight excluding hydrogens is 389 g/mol. The molecule has 154 valence electrons. The molecule has 10 heteroatoms. The molecule has 4 rings (SSSR count). The summed E-state index contributed by atoms with van der Waals surface area (Å²) in [5.41, 5.74) is 7.29. The molecule has 0 aliphatic carbocycles. The van der Waals surface area contributed by atoms with Crippen molar-refractivity contribution in [1.82, 2.24) is 14.8 Å². The van der Waals surface area contributed by atoms with Crippen molar-refractivity contribution in [1.29, 1.82) is 0 Å². The number of carbonyl (C=O) groups excluding carboxylic acids is 2. The number of amides is 2. The first kappa shape index (κ1) is 19.5. The smallest absolute Gasteiger partial charge is 0.272 e. The van der Waals surface area contributed by atoms with Crippen LogP contribution in [-0.4, -0.2) is 38.3 Å². The van der Waals surface area contributed by atoms with Gasteiger partial charge in [-0.3, -0.25) is 14.6 Å². The summed E-state index contributed by atoms with van der Waals surface area (Å²) < 4.78 is 15.0. The molecule has 0 saturated carbocycles. The van der Waals surface area contributed by atoms with E-state index < -0.39 is 23.7 Å². The Morgan fingerprint density at radius 1 is 1.23 bits per heavy atom. The zero-order chi connectivity index (χ0) is 21.4. The van der Waals surface area contributed by atoms with Crippen molar-refractivity contribution in [2.75, 3.05) is 10.3 Å². The highest BCUT2D eigenvalue weighted by Crippen LogP contribution is 2.26. The number of hydrogen-bond acceptors (Lipinski definition) is 6. The van der Waals surface area contributed by atoms with Gasteiger partial charge in [-0.1, -0.05) is 0 Å². The lowest BCUT2D eigenvalue weighted by Gasteiger charge is -2.20. The lowest BCUT2D eigenvalue weighted by Crippen LogP contribution is -2.39. The highest BCUT2D eigenvalue weighted by Gasteiger charge is 2.35. The van der Waals surface area contributed by atoms with Gasteiger partial charge in [0, 0.05) is 17.8 Å². The summed E-state index contributed by atoms with van der Waals surface area (Å²) in [5, 5.41) is 13.4. The SMILES string of the molecule is CC(C)n1ncc2cc(NC(=O)C3=NN(c4ccc(F)cc4)[C@@H](C(N)=O)C3)cnc21. The topological polar surface area (TPSA) is 119 Å². The zero-order valence-corrected chi connectivity index (χ0v) is 16.4. The Hall–Kier alpha value is -3.82. The average Bonchev–Trinajstić information content (AvgIpc) is 3.33. The highest BCUT2D eigenvalue weighted by molar-refractivity contribution is 6.44. The molecule has 0 radical (unpaired) electrons. The van der Waals surface area contributed by atoms with Gasteiger partial charge in [-0.2, -0.15) is 10.2 Å². The maximum absolute atomic E-state index is 13.2. The molecule has 3 aromatic rings. The molecule has 2 amide bonds. The standard InChI is InChI=1S/C20H20FN7O2/c1-11(2)27-19-12(9-24-27)7-14(10-23-19)25-20(30)16-8-17(18(22)29)28(26-16)15-5-3-13(21)4-6-15/h3-7,9-11,17H,8H2,1-2H3,(H2,22,29)(H,25,30)/t17-/m1/s1. The number of fused-ring (bicyclic) bond motifs is 1. The van der Waals surface area contributed by atoms with Gasteiger partial charge >= 0.3 is 0 Å². The number of halogens is 1. The molecule has 0 bridgehead atoms. The van der Waals surface area contributed by atoms with Crippen LogP contribution in [0.2, 0.25) is 0 Å². The van der Waals surface area contributed by atoms with Crippen molar-refractivity contribution in [2.45, 2.75) is 32.4 Å². The monoisotopic (exact) mass is 409 g/mol. The first-order valence-electron chi connectivity index (χ1n) is 9.39. The average molecular weight is 409 g/mol. The third-order valence-electron chi connectivity index (χ3n) is 4.77. The Balaban J connectivity index is 1.56. The van der Waals surface area contributed by atoms with Crippen LogP contribution in [0.5, 0.6) is 0 Å². The molecular formula is C20H20FN7O2. The van der Waals surface area contributed by atoms with E-state index in [0.29, 0.717) is 11.4 Å². The van der Waals surface area contributed by atoms with E-state index in [1.165, 1.54) is 29.3 Å². The molecule has 2 aromatic heterocycles. The molecule has 1 aliphatic heterocycles. The minimum absolute atomic E-state index is 0.0412. The Kier molecular flexibility index (Phi) is 4.90. The van der Waals surface area contributed by atoms with Gasteiger partial charge in [-0.15, -0.1) is 0 Å². The van der Waals surface area contributed by atoms with Crippen LogP contribution in [0.25, 0.3) is 11.0 Å². The van der Waals surface area contributed by atoms with E-state index in [1.54, 1.807) is 23.1 Å². The van der Waals surface area contributed by atoms with Crippen molar-refractivity contribution in [2.24, 2.45) is 10.8 Å².